The van der Waals surface area contributed by atoms with Gasteiger partial charge in [-0.05, 0) is 35.1 Å². The fraction of sp³-hybridized carbons (Fsp3) is 0.704. The molecule has 2 atom stereocenters. The van der Waals surface area contributed by atoms with E-state index in [2.05, 4.69) is 31.3 Å². The second-order valence-corrected chi connectivity index (χ2v) is 19.1. The third-order valence-corrected chi connectivity index (χ3v) is 13.7. The zero-order valence-electron chi connectivity index (χ0n) is 39.9. The second kappa shape index (κ2) is 35.7. The van der Waals surface area contributed by atoms with Crippen LogP contribution in [0.3, 0.4) is 0 Å². The van der Waals surface area contributed by atoms with Gasteiger partial charge >= 0.3 is 24.0 Å². The van der Waals surface area contributed by atoms with E-state index >= 15 is 0 Å². The maximum Gasteiger partial charge on any atom is 0.407 e. The highest BCUT2D eigenvalue weighted by atomic mass is 32.2. The third-order valence-electron chi connectivity index (χ3n) is 12.5. The summed E-state index contributed by atoms with van der Waals surface area (Å²) in [6, 6.07) is 14.9. The Morgan fingerprint density at radius 3 is 1.44 bits per heavy atom. The number of nitrogens with one attached hydrogen (secondary N) is 1. The lowest BCUT2D eigenvalue weighted by Gasteiger charge is -2.20. The molecule has 2 aromatic rings. The van der Waals surface area contributed by atoms with Crippen LogP contribution in [0.1, 0.15) is 217 Å². The quantitative estimate of drug-likeness (QED) is 0.0381. The average molecular weight is 908 g/mol. The van der Waals surface area contributed by atoms with E-state index in [-0.39, 0.29) is 36.8 Å². The van der Waals surface area contributed by atoms with Gasteiger partial charge in [-0.25, -0.2) is 9.59 Å². The average Bonchev–Trinajstić information content (AvgIpc) is 3.61. The first-order valence-corrected chi connectivity index (χ1v) is 26.8. The Labute approximate surface area is 391 Å². The molecule has 9 nitrogen and oxygen atoms in total. The van der Waals surface area contributed by atoms with Gasteiger partial charge in [0.15, 0.2) is 0 Å². The van der Waals surface area contributed by atoms with Gasteiger partial charge in [0.25, 0.3) is 0 Å². The molecule has 2 aromatic carbocycles. The molecule has 1 aliphatic rings. The van der Waals surface area contributed by atoms with Crippen LogP contribution in [0, 0.1) is 0 Å². The molecule has 0 saturated heterocycles. The zero-order chi connectivity index (χ0) is 45.9. The molecule has 0 bridgehead atoms. The van der Waals surface area contributed by atoms with Crippen molar-refractivity contribution in [3.63, 3.8) is 0 Å². The zero-order valence-corrected chi connectivity index (χ0v) is 40.7. The molecule has 64 heavy (non-hydrogen) atoms. The molecule has 2 N–H and O–H groups in total. The van der Waals surface area contributed by atoms with Crippen molar-refractivity contribution in [2.24, 2.45) is 0 Å². The van der Waals surface area contributed by atoms with Gasteiger partial charge in [-0.3, -0.25) is 9.59 Å². The van der Waals surface area contributed by atoms with Crippen molar-refractivity contribution in [2.45, 2.75) is 218 Å². The SMILES string of the molecule is CCCCCCCCCCCCCCCC(=O)OCC[C@@H](CSC[C@H](NC(=O)OCC1c2ccccc2-c2ccccc21)C(=O)O)OC(=O)CCCCCCCCCCCCCCC. The minimum Gasteiger partial charge on any atom is -0.480 e. The minimum absolute atomic E-state index is 0.0469. The molecule has 1 aliphatic carbocycles. The number of carbonyl (C=O) groups excluding carboxylic acids is 3. The van der Waals surface area contributed by atoms with E-state index in [0.29, 0.717) is 25.0 Å². The molecule has 0 aliphatic heterocycles. The number of ether oxygens (including phenoxy) is 3. The summed E-state index contributed by atoms with van der Waals surface area (Å²) >= 11 is 1.28. The van der Waals surface area contributed by atoms with Crippen LogP contribution in [0.25, 0.3) is 11.1 Å². The molecule has 0 spiro atoms. The van der Waals surface area contributed by atoms with Crippen LogP contribution in [-0.4, -0.2) is 66.0 Å². The number of fused-ring (bicyclic) bond motifs is 3. The van der Waals surface area contributed by atoms with Gasteiger partial charge in [0.2, 0.25) is 0 Å². The predicted octanol–water partition coefficient (Wildman–Crippen LogP) is 14.5. The van der Waals surface area contributed by atoms with Crippen molar-refractivity contribution in [1.29, 1.82) is 0 Å². The highest BCUT2D eigenvalue weighted by Gasteiger charge is 2.30. The highest BCUT2D eigenvalue weighted by molar-refractivity contribution is 7.99. The number of aliphatic carboxylic acids is 1. The molecular weight excluding hydrogens is 823 g/mol. The second-order valence-electron chi connectivity index (χ2n) is 18.0. The summed E-state index contributed by atoms with van der Waals surface area (Å²) in [6.07, 6.45) is 31.7. The van der Waals surface area contributed by atoms with Crippen LogP contribution in [-0.2, 0) is 28.6 Å². The van der Waals surface area contributed by atoms with E-state index < -0.39 is 24.2 Å². The van der Waals surface area contributed by atoms with Crippen molar-refractivity contribution in [3.05, 3.63) is 59.7 Å². The summed E-state index contributed by atoms with van der Waals surface area (Å²) in [5.74, 6) is -1.51. The Hall–Kier alpha value is -3.53. The number of amides is 1. The fourth-order valence-electron chi connectivity index (χ4n) is 8.65. The normalized spacial score (nSPS) is 12.9. The Kier molecular flexibility index (Phi) is 30.6. The van der Waals surface area contributed by atoms with E-state index in [0.717, 1.165) is 60.8 Å². The number of carbonyl (C=O) groups is 4. The van der Waals surface area contributed by atoms with Crippen molar-refractivity contribution < 1.29 is 38.5 Å². The molecule has 0 radical (unpaired) electrons. The lowest BCUT2D eigenvalue weighted by molar-refractivity contribution is -0.150. The van der Waals surface area contributed by atoms with Crippen LogP contribution < -0.4 is 5.32 Å². The molecule has 0 saturated carbocycles. The molecule has 0 fully saturated rings. The Morgan fingerprint density at radius 2 is 0.984 bits per heavy atom. The molecule has 0 unspecified atom stereocenters. The highest BCUT2D eigenvalue weighted by Crippen LogP contribution is 2.44. The largest absolute Gasteiger partial charge is 0.480 e. The Bertz CT molecular complexity index is 1520. The molecular formula is C54H85NO8S. The first-order chi connectivity index (χ1) is 31.3. The molecule has 0 heterocycles. The fourth-order valence-corrected chi connectivity index (χ4v) is 9.74. The summed E-state index contributed by atoms with van der Waals surface area (Å²) in [4.78, 5) is 50.7. The van der Waals surface area contributed by atoms with E-state index in [9.17, 15) is 24.3 Å². The van der Waals surface area contributed by atoms with Crippen molar-refractivity contribution in [1.82, 2.24) is 5.32 Å². The molecule has 0 aromatic heterocycles. The number of carboxylic acids is 1. The summed E-state index contributed by atoms with van der Waals surface area (Å²) in [5.41, 5.74) is 4.36. The number of alkyl carbamates (subject to hydrolysis) is 1. The summed E-state index contributed by atoms with van der Waals surface area (Å²) in [7, 11) is 0. The van der Waals surface area contributed by atoms with E-state index in [1.165, 1.54) is 140 Å². The number of carboxylic acid groups (broad SMARTS) is 1. The lowest BCUT2D eigenvalue weighted by atomic mass is 9.98. The van der Waals surface area contributed by atoms with Gasteiger partial charge in [0.1, 0.15) is 18.8 Å². The van der Waals surface area contributed by atoms with Gasteiger partial charge in [-0.15, -0.1) is 0 Å². The maximum absolute atomic E-state index is 13.0. The molecule has 3 rings (SSSR count). The number of hydrogen-bond donors (Lipinski definition) is 2. The lowest BCUT2D eigenvalue weighted by Crippen LogP contribution is -2.43. The number of benzene rings is 2. The number of esters is 2. The smallest absolute Gasteiger partial charge is 0.407 e. The van der Waals surface area contributed by atoms with Crippen LogP contribution in [0.5, 0.6) is 0 Å². The molecule has 10 heteroatoms. The number of rotatable bonds is 40. The van der Waals surface area contributed by atoms with Crippen LogP contribution in [0.4, 0.5) is 4.79 Å². The first-order valence-electron chi connectivity index (χ1n) is 25.6. The summed E-state index contributed by atoms with van der Waals surface area (Å²) in [5, 5.41) is 12.5. The van der Waals surface area contributed by atoms with Gasteiger partial charge in [-0.1, -0.05) is 216 Å². The monoisotopic (exact) mass is 908 g/mol. The van der Waals surface area contributed by atoms with Gasteiger partial charge in [0.05, 0.1) is 6.61 Å². The maximum atomic E-state index is 13.0. The van der Waals surface area contributed by atoms with Crippen LogP contribution in [0.2, 0.25) is 0 Å². The summed E-state index contributed by atoms with van der Waals surface area (Å²) in [6.45, 7) is 4.70. The standard InChI is InChI=1S/C54H85NO8S/c1-3-5-7-9-11-13-15-17-19-21-23-25-27-37-51(56)61-40-39-44(63-52(57)38-28-26-24-22-20-18-16-14-12-10-8-6-4-2)42-64-43-50(53(58)59)55-54(60)62-41-49-47-35-31-29-33-45(47)46-34-30-32-36-48(46)49/h29-36,44,49-50H,3-28,37-43H2,1-2H3,(H,55,60)(H,58,59)/t44-,50-/m0/s1. The van der Waals surface area contributed by atoms with Crippen molar-refractivity contribution in [2.75, 3.05) is 24.7 Å². The topological polar surface area (TPSA) is 128 Å². The van der Waals surface area contributed by atoms with E-state index in [1.807, 2.05) is 36.4 Å². The van der Waals surface area contributed by atoms with E-state index in [4.69, 9.17) is 14.2 Å². The Morgan fingerprint density at radius 1 is 0.562 bits per heavy atom. The van der Waals surface area contributed by atoms with Gasteiger partial charge in [-0.2, -0.15) is 11.8 Å². The molecule has 1 amide bonds. The summed E-state index contributed by atoms with van der Waals surface area (Å²) < 4.78 is 17.1. The number of hydrogen-bond acceptors (Lipinski definition) is 8. The predicted molar refractivity (Wildman–Crippen MR) is 263 cm³/mol. The van der Waals surface area contributed by atoms with Crippen LogP contribution >= 0.6 is 11.8 Å². The van der Waals surface area contributed by atoms with Crippen molar-refractivity contribution in [3.8, 4) is 11.1 Å². The van der Waals surface area contributed by atoms with E-state index in [1.54, 1.807) is 0 Å². The van der Waals surface area contributed by atoms with Gasteiger partial charge < -0.3 is 24.6 Å². The Balaban J connectivity index is 1.37. The first kappa shape index (κ1) is 54.8. The van der Waals surface area contributed by atoms with Crippen molar-refractivity contribution >= 4 is 35.8 Å². The number of unbranched alkanes of at least 4 members (excludes halogenated alkanes) is 24. The molecule has 360 valence electrons. The minimum atomic E-state index is -1.21. The van der Waals surface area contributed by atoms with Crippen LogP contribution in [0.15, 0.2) is 48.5 Å². The number of thioether (sulfide) groups is 1. The third kappa shape index (κ3) is 24.1. The van der Waals surface area contributed by atoms with Gasteiger partial charge in [0, 0.05) is 36.7 Å².